The number of nitrogens with one attached hydrogen (secondary N) is 1. The molecule has 1 heterocycles. The molecule has 0 radical (unpaired) electrons. The van der Waals surface area contributed by atoms with E-state index in [9.17, 15) is 9.18 Å². The summed E-state index contributed by atoms with van der Waals surface area (Å²) < 4.78 is 13.2. The van der Waals surface area contributed by atoms with Gasteiger partial charge < -0.3 is 15.1 Å². The van der Waals surface area contributed by atoms with Gasteiger partial charge in [0.15, 0.2) is 0 Å². The van der Waals surface area contributed by atoms with Gasteiger partial charge in [0.2, 0.25) is 0 Å². The minimum absolute atomic E-state index is 0.0960. The zero-order valence-corrected chi connectivity index (χ0v) is 13.0. The van der Waals surface area contributed by atoms with E-state index in [4.69, 9.17) is 0 Å². The fourth-order valence-corrected chi connectivity index (χ4v) is 2.69. The van der Waals surface area contributed by atoms with Crippen LogP contribution in [0.1, 0.15) is 31.4 Å². The molecule has 1 saturated heterocycles. The Morgan fingerprint density at radius 3 is 2.71 bits per heavy atom. The number of hydrogen-bond donors (Lipinski definition) is 1. The van der Waals surface area contributed by atoms with Crippen LogP contribution in [0.25, 0.3) is 0 Å². The smallest absolute Gasteiger partial charge is 0.317 e. The van der Waals surface area contributed by atoms with Crippen LogP contribution in [-0.4, -0.2) is 49.1 Å². The molecular formula is C16H24FN3O. The molecule has 0 saturated carbocycles. The van der Waals surface area contributed by atoms with Gasteiger partial charge in [-0.2, -0.15) is 0 Å². The standard InChI is InChI=1S/C16H24FN3O/c1-12(13-5-4-6-14(17)11-13)18-16(21)20(3)15-7-9-19(2)10-8-15/h4-6,11-12,15H,7-10H2,1-3H3,(H,18,21). The van der Waals surface area contributed by atoms with E-state index >= 15 is 0 Å². The van der Waals surface area contributed by atoms with Gasteiger partial charge in [-0.1, -0.05) is 12.1 Å². The molecule has 21 heavy (non-hydrogen) atoms. The van der Waals surface area contributed by atoms with E-state index in [0.717, 1.165) is 31.5 Å². The maximum Gasteiger partial charge on any atom is 0.317 e. The summed E-state index contributed by atoms with van der Waals surface area (Å²) in [5.74, 6) is -0.280. The van der Waals surface area contributed by atoms with Crippen molar-refractivity contribution in [1.82, 2.24) is 15.1 Å². The first-order valence-electron chi connectivity index (χ1n) is 7.44. The Kier molecular flexibility index (Phi) is 5.17. The van der Waals surface area contributed by atoms with Crippen LogP contribution in [0.4, 0.5) is 9.18 Å². The molecule has 2 amide bonds. The zero-order valence-electron chi connectivity index (χ0n) is 13.0. The van der Waals surface area contributed by atoms with E-state index in [1.54, 1.807) is 11.0 Å². The minimum atomic E-state index is -0.280. The van der Waals surface area contributed by atoms with Crippen molar-refractivity contribution in [3.05, 3.63) is 35.6 Å². The third kappa shape index (κ3) is 4.17. The number of piperidine rings is 1. The highest BCUT2D eigenvalue weighted by Gasteiger charge is 2.24. The first-order valence-corrected chi connectivity index (χ1v) is 7.44. The number of carbonyl (C=O) groups is 1. The second kappa shape index (κ2) is 6.89. The molecule has 5 heteroatoms. The fraction of sp³-hybridized carbons (Fsp3) is 0.562. The van der Waals surface area contributed by atoms with Crippen molar-refractivity contribution in [2.75, 3.05) is 27.2 Å². The summed E-state index contributed by atoms with van der Waals surface area (Å²) in [7, 11) is 3.94. The Labute approximate surface area is 125 Å². The topological polar surface area (TPSA) is 35.6 Å². The van der Waals surface area contributed by atoms with Gasteiger partial charge in [0.05, 0.1) is 6.04 Å². The molecule has 0 bridgehead atoms. The van der Waals surface area contributed by atoms with Crippen LogP contribution in [0.15, 0.2) is 24.3 Å². The maximum absolute atomic E-state index is 13.2. The van der Waals surface area contributed by atoms with E-state index in [1.165, 1.54) is 12.1 Å². The first-order chi connectivity index (χ1) is 9.97. The van der Waals surface area contributed by atoms with Crippen LogP contribution < -0.4 is 5.32 Å². The summed E-state index contributed by atoms with van der Waals surface area (Å²) in [6.45, 7) is 3.90. The van der Waals surface area contributed by atoms with Gasteiger partial charge in [0.1, 0.15) is 5.82 Å². The third-order valence-electron chi connectivity index (χ3n) is 4.24. The van der Waals surface area contributed by atoms with Crippen LogP contribution in [0, 0.1) is 5.82 Å². The normalized spacial score (nSPS) is 18.3. The van der Waals surface area contributed by atoms with Crippen molar-refractivity contribution in [1.29, 1.82) is 0 Å². The van der Waals surface area contributed by atoms with Crippen molar-refractivity contribution in [3.8, 4) is 0 Å². The van der Waals surface area contributed by atoms with Gasteiger partial charge in [-0.3, -0.25) is 0 Å². The van der Waals surface area contributed by atoms with Crippen molar-refractivity contribution in [2.24, 2.45) is 0 Å². The molecule has 1 aliphatic rings. The monoisotopic (exact) mass is 293 g/mol. The molecule has 1 aromatic rings. The van der Waals surface area contributed by atoms with E-state index in [1.807, 2.05) is 20.0 Å². The summed E-state index contributed by atoms with van der Waals surface area (Å²) >= 11 is 0. The predicted molar refractivity (Wildman–Crippen MR) is 81.6 cm³/mol. The maximum atomic E-state index is 13.2. The molecule has 1 fully saturated rings. The summed E-state index contributed by atoms with van der Waals surface area (Å²) in [6, 6.07) is 6.32. The van der Waals surface area contributed by atoms with E-state index in [2.05, 4.69) is 17.3 Å². The summed E-state index contributed by atoms with van der Waals surface area (Å²) in [4.78, 5) is 16.4. The molecule has 116 valence electrons. The van der Waals surface area contributed by atoms with Crippen LogP contribution in [0.3, 0.4) is 0 Å². The molecule has 1 aromatic carbocycles. The van der Waals surface area contributed by atoms with Gasteiger partial charge in [-0.15, -0.1) is 0 Å². The Hall–Kier alpha value is -1.62. The Morgan fingerprint density at radius 1 is 1.43 bits per heavy atom. The molecule has 1 atom stereocenters. The minimum Gasteiger partial charge on any atom is -0.331 e. The van der Waals surface area contributed by atoms with E-state index < -0.39 is 0 Å². The highest BCUT2D eigenvalue weighted by molar-refractivity contribution is 5.74. The van der Waals surface area contributed by atoms with Crippen LogP contribution >= 0.6 is 0 Å². The quantitative estimate of drug-likeness (QED) is 0.930. The van der Waals surface area contributed by atoms with E-state index in [0.29, 0.717) is 0 Å². The SMILES string of the molecule is CC(NC(=O)N(C)C1CCN(C)CC1)c1cccc(F)c1. The van der Waals surface area contributed by atoms with Crippen LogP contribution in [-0.2, 0) is 0 Å². The highest BCUT2D eigenvalue weighted by atomic mass is 19.1. The molecule has 1 N–H and O–H groups in total. The number of hydrogen-bond acceptors (Lipinski definition) is 2. The van der Waals surface area contributed by atoms with Crippen molar-refractivity contribution >= 4 is 6.03 Å². The molecule has 0 aliphatic carbocycles. The van der Waals surface area contributed by atoms with Crippen molar-refractivity contribution < 1.29 is 9.18 Å². The van der Waals surface area contributed by atoms with Gasteiger partial charge in [-0.05, 0) is 57.6 Å². The lowest BCUT2D eigenvalue weighted by atomic mass is 10.0. The van der Waals surface area contributed by atoms with Crippen molar-refractivity contribution in [2.45, 2.75) is 31.8 Å². The molecule has 0 aromatic heterocycles. The Balaban J connectivity index is 1.91. The molecule has 4 nitrogen and oxygen atoms in total. The number of rotatable bonds is 3. The largest absolute Gasteiger partial charge is 0.331 e. The second-order valence-corrected chi connectivity index (χ2v) is 5.87. The molecular weight excluding hydrogens is 269 g/mol. The zero-order chi connectivity index (χ0) is 15.4. The fourth-order valence-electron chi connectivity index (χ4n) is 2.69. The number of nitrogens with zero attached hydrogens (tertiary/aromatic N) is 2. The average molecular weight is 293 g/mol. The number of amides is 2. The molecule has 1 aliphatic heterocycles. The van der Waals surface area contributed by atoms with Crippen LogP contribution in [0.5, 0.6) is 0 Å². The summed E-state index contributed by atoms with van der Waals surface area (Å²) in [6.07, 6.45) is 1.99. The number of benzene rings is 1. The Morgan fingerprint density at radius 2 is 2.10 bits per heavy atom. The lowest BCUT2D eigenvalue weighted by Gasteiger charge is -2.35. The number of halogens is 1. The summed E-state index contributed by atoms with van der Waals surface area (Å²) in [5, 5.41) is 2.94. The third-order valence-corrected chi connectivity index (χ3v) is 4.24. The Bertz CT molecular complexity index is 486. The van der Waals surface area contributed by atoms with Crippen LogP contribution in [0.2, 0.25) is 0 Å². The lowest BCUT2D eigenvalue weighted by molar-refractivity contribution is 0.146. The van der Waals surface area contributed by atoms with Gasteiger partial charge >= 0.3 is 6.03 Å². The number of likely N-dealkylation sites (tertiary alicyclic amines) is 1. The predicted octanol–water partition coefficient (Wildman–Crippen LogP) is 2.62. The lowest BCUT2D eigenvalue weighted by Crippen LogP contribution is -2.48. The molecule has 0 spiro atoms. The van der Waals surface area contributed by atoms with Gasteiger partial charge in [0, 0.05) is 13.1 Å². The number of carbonyl (C=O) groups excluding carboxylic acids is 1. The van der Waals surface area contributed by atoms with Gasteiger partial charge in [-0.25, -0.2) is 9.18 Å². The molecule has 2 rings (SSSR count). The highest BCUT2D eigenvalue weighted by Crippen LogP contribution is 2.17. The van der Waals surface area contributed by atoms with E-state index in [-0.39, 0.29) is 23.9 Å². The summed E-state index contributed by atoms with van der Waals surface area (Å²) in [5.41, 5.74) is 0.778. The molecule has 1 unspecified atom stereocenters. The number of urea groups is 1. The average Bonchev–Trinajstić information content (AvgIpc) is 2.47. The first kappa shape index (κ1) is 15.8. The second-order valence-electron chi connectivity index (χ2n) is 5.87. The van der Waals surface area contributed by atoms with Gasteiger partial charge in [0.25, 0.3) is 0 Å². The van der Waals surface area contributed by atoms with Crippen molar-refractivity contribution in [3.63, 3.8) is 0 Å².